The molecule has 0 aromatic carbocycles. The largest absolute Gasteiger partial charge is 0.479 e. The Bertz CT molecular complexity index is 529. The fourth-order valence-electron chi connectivity index (χ4n) is 1.36. The van der Waals surface area contributed by atoms with Gasteiger partial charge in [0.15, 0.2) is 6.04 Å². The molecule has 1 heterocycles. The molecule has 1 aromatic heterocycles. The van der Waals surface area contributed by atoms with Crippen LogP contribution in [0.3, 0.4) is 0 Å². The van der Waals surface area contributed by atoms with Crippen LogP contribution in [0.25, 0.3) is 0 Å². The number of carbonyl (C=O) groups excluding carboxylic acids is 1. The van der Waals surface area contributed by atoms with Crippen molar-refractivity contribution in [2.75, 3.05) is 0 Å². The second kappa shape index (κ2) is 5.55. The van der Waals surface area contributed by atoms with E-state index < -0.39 is 29.3 Å². The van der Waals surface area contributed by atoms with Crippen LogP contribution < -0.4 is 10.9 Å². The number of ether oxygens (including phenoxy) is 1. The maximum atomic E-state index is 11.5. The van der Waals surface area contributed by atoms with Gasteiger partial charge in [0.05, 0.1) is 5.56 Å². The van der Waals surface area contributed by atoms with Crippen LogP contribution in [-0.4, -0.2) is 27.8 Å². The van der Waals surface area contributed by atoms with E-state index in [9.17, 15) is 14.4 Å². The minimum atomic E-state index is -1.46. The lowest BCUT2D eigenvalue weighted by atomic mass is 10.1. The fourth-order valence-corrected chi connectivity index (χ4v) is 1.36. The first-order chi connectivity index (χ1) is 8.70. The average Bonchev–Trinajstić information content (AvgIpc) is 2.24. The molecule has 0 aliphatic carbocycles. The number of aromatic amines is 1. The van der Waals surface area contributed by atoms with E-state index in [0.717, 1.165) is 0 Å². The third-order valence-corrected chi connectivity index (χ3v) is 2.07. The van der Waals surface area contributed by atoms with E-state index in [1.165, 1.54) is 18.3 Å². The summed E-state index contributed by atoms with van der Waals surface area (Å²) in [6.07, 6.45) is 0.473. The van der Waals surface area contributed by atoms with E-state index in [0.29, 0.717) is 0 Å². The monoisotopic (exact) mass is 268 g/mol. The Morgan fingerprint density at radius 2 is 2.05 bits per heavy atom. The number of H-pyrrole nitrogens is 1. The van der Waals surface area contributed by atoms with Gasteiger partial charge in [0.25, 0.3) is 5.56 Å². The molecule has 0 saturated heterocycles. The van der Waals surface area contributed by atoms with Crippen molar-refractivity contribution in [2.45, 2.75) is 32.4 Å². The van der Waals surface area contributed by atoms with E-state index in [1.54, 1.807) is 20.8 Å². The molecule has 0 fully saturated rings. The third kappa shape index (κ3) is 4.46. The number of hydrogen-bond acceptors (Lipinski definition) is 4. The molecule has 0 saturated carbocycles. The highest BCUT2D eigenvalue weighted by molar-refractivity contribution is 5.81. The van der Waals surface area contributed by atoms with Crippen LogP contribution in [0.15, 0.2) is 23.1 Å². The van der Waals surface area contributed by atoms with Crippen molar-refractivity contribution in [1.29, 1.82) is 0 Å². The van der Waals surface area contributed by atoms with Crippen LogP contribution >= 0.6 is 0 Å². The first-order valence-corrected chi connectivity index (χ1v) is 5.60. The maximum absolute atomic E-state index is 11.5. The lowest BCUT2D eigenvalue weighted by Crippen LogP contribution is -2.40. The number of aromatic nitrogens is 1. The van der Waals surface area contributed by atoms with Gasteiger partial charge < -0.3 is 20.1 Å². The lowest BCUT2D eigenvalue weighted by Gasteiger charge is -2.21. The summed E-state index contributed by atoms with van der Waals surface area (Å²) in [6.45, 7) is 4.95. The summed E-state index contributed by atoms with van der Waals surface area (Å²) >= 11 is 0. The number of hydrogen-bond donors (Lipinski definition) is 3. The fraction of sp³-hybridized carbons (Fsp3) is 0.417. The van der Waals surface area contributed by atoms with Crippen molar-refractivity contribution in [3.8, 4) is 0 Å². The summed E-state index contributed by atoms with van der Waals surface area (Å²) in [5.74, 6) is -1.34. The predicted octanol–water partition coefficient (Wildman–Crippen LogP) is 1.03. The van der Waals surface area contributed by atoms with E-state index in [1.807, 2.05) is 0 Å². The minimum Gasteiger partial charge on any atom is -0.479 e. The average molecular weight is 268 g/mol. The highest BCUT2D eigenvalue weighted by Gasteiger charge is 2.27. The molecule has 0 aliphatic heterocycles. The smallest absolute Gasteiger partial charge is 0.408 e. The van der Waals surface area contributed by atoms with Crippen molar-refractivity contribution in [1.82, 2.24) is 10.3 Å². The van der Waals surface area contributed by atoms with Crippen molar-refractivity contribution >= 4 is 12.1 Å². The number of rotatable bonds is 3. The number of amides is 1. The van der Waals surface area contributed by atoms with Crippen molar-refractivity contribution in [3.63, 3.8) is 0 Å². The molecule has 1 unspecified atom stereocenters. The Kier molecular flexibility index (Phi) is 4.31. The second-order valence-electron chi connectivity index (χ2n) is 4.87. The number of carboxylic acids is 1. The Hall–Kier alpha value is -2.31. The summed E-state index contributed by atoms with van der Waals surface area (Å²) in [7, 11) is 0. The molecular weight excluding hydrogens is 252 g/mol. The Morgan fingerprint density at radius 1 is 1.42 bits per heavy atom. The molecule has 3 N–H and O–H groups in total. The van der Waals surface area contributed by atoms with Gasteiger partial charge in [-0.3, -0.25) is 4.79 Å². The zero-order valence-corrected chi connectivity index (χ0v) is 10.9. The molecule has 7 nitrogen and oxygen atoms in total. The number of nitrogens with one attached hydrogen (secondary N) is 2. The molecule has 0 bridgehead atoms. The van der Waals surface area contributed by atoms with Gasteiger partial charge in [-0.1, -0.05) is 0 Å². The molecule has 0 spiro atoms. The van der Waals surface area contributed by atoms with Crippen molar-refractivity contribution < 1.29 is 19.4 Å². The van der Waals surface area contributed by atoms with Gasteiger partial charge in [0.1, 0.15) is 5.60 Å². The topological polar surface area (TPSA) is 108 Å². The number of alkyl carbamates (subject to hydrolysis) is 1. The van der Waals surface area contributed by atoms with Gasteiger partial charge in [-0.05, 0) is 32.9 Å². The predicted molar refractivity (Wildman–Crippen MR) is 66.8 cm³/mol. The quantitative estimate of drug-likeness (QED) is 0.758. The number of pyridine rings is 1. The molecule has 104 valence electrons. The summed E-state index contributed by atoms with van der Waals surface area (Å²) in [4.78, 5) is 36.5. The second-order valence-corrected chi connectivity index (χ2v) is 4.87. The van der Waals surface area contributed by atoms with E-state index in [-0.39, 0.29) is 5.56 Å². The van der Waals surface area contributed by atoms with Gasteiger partial charge in [0.2, 0.25) is 0 Å². The van der Waals surface area contributed by atoms with Gasteiger partial charge in [0, 0.05) is 6.20 Å². The standard InChI is InChI=1S/C12H16N2O5/c1-12(2,3)19-11(18)14-8(10(16)17)7-5-4-6-13-9(7)15/h4-6,8H,1-3H3,(H,13,15)(H,14,18)(H,16,17). The summed E-state index contributed by atoms with van der Waals surface area (Å²) < 4.78 is 4.95. The summed E-state index contributed by atoms with van der Waals surface area (Å²) in [6, 6.07) is 1.35. The van der Waals surface area contributed by atoms with Gasteiger partial charge >= 0.3 is 12.1 Å². The van der Waals surface area contributed by atoms with Crippen LogP contribution in [0.2, 0.25) is 0 Å². The molecule has 0 aliphatic rings. The first kappa shape index (κ1) is 14.7. The zero-order chi connectivity index (χ0) is 14.6. The van der Waals surface area contributed by atoms with E-state index in [2.05, 4.69) is 10.3 Å². The van der Waals surface area contributed by atoms with Crippen LogP contribution in [0.5, 0.6) is 0 Å². The molecule has 7 heteroatoms. The molecule has 0 radical (unpaired) electrons. The van der Waals surface area contributed by atoms with E-state index >= 15 is 0 Å². The Morgan fingerprint density at radius 3 is 2.53 bits per heavy atom. The highest BCUT2D eigenvalue weighted by atomic mass is 16.6. The third-order valence-electron chi connectivity index (χ3n) is 2.07. The van der Waals surface area contributed by atoms with Gasteiger partial charge in [-0.25, -0.2) is 9.59 Å². The normalized spacial score (nSPS) is 12.6. The number of carboxylic acid groups (broad SMARTS) is 1. The lowest BCUT2D eigenvalue weighted by molar-refractivity contribution is -0.139. The van der Waals surface area contributed by atoms with Crippen molar-refractivity contribution in [3.05, 3.63) is 34.2 Å². The molecule has 1 amide bonds. The minimum absolute atomic E-state index is 0.0686. The number of carbonyl (C=O) groups is 2. The number of aliphatic carboxylic acids is 1. The molecule has 1 atom stereocenters. The van der Waals surface area contributed by atoms with Crippen LogP contribution in [0.1, 0.15) is 32.4 Å². The SMILES string of the molecule is CC(C)(C)OC(=O)NC(C(=O)O)c1ccc[nH]c1=O. The highest BCUT2D eigenvalue weighted by Crippen LogP contribution is 2.11. The molecular formula is C12H16N2O5. The van der Waals surface area contributed by atoms with Crippen LogP contribution in [0.4, 0.5) is 4.79 Å². The Labute approximate surface area is 109 Å². The summed E-state index contributed by atoms with van der Waals surface area (Å²) in [5.41, 5.74) is -1.40. The molecule has 19 heavy (non-hydrogen) atoms. The first-order valence-electron chi connectivity index (χ1n) is 5.60. The zero-order valence-electron chi connectivity index (χ0n) is 10.9. The molecule has 1 rings (SSSR count). The maximum Gasteiger partial charge on any atom is 0.408 e. The molecule has 1 aromatic rings. The summed E-state index contributed by atoms with van der Waals surface area (Å²) in [5, 5.41) is 11.2. The van der Waals surface area contributed by atoms with Gasteiger partial charge in [-0.15, -0.1) is 0 Å². The van der Waals surface area contributed by atoms with Gasteiger partial charge in [-0.2, -0.15) is 0 Å². The van der Waals surface area contributed by atoms with Crippen LogP contribution in [-0.2, 0) is 9.53 Å². The van der Waals surface area contributed by atoms with Crippen LogP contribution in [0, 0.1) is 0 Å². The Balaban J connectivity index is 2.93. The van der Waals surface area contributed by atoms with Crippen molar-refractivity contribution in [2.24, 2.45) is 0 Å². The van der Waals surface area contributed by atoms with E-state index in [4.69, 9.17) is 9.84 Å².